The van der Waals surface area contributed by atoms with Crippen molar-refractivity contribution in [2.45, 2.75) is 6.54 Å². The molecule has 0 bridgehead atoms. The molecule has 5 nitrogen and oxygen atoms in total. The Labute approximate surface area is 180 Å². The van der Waals surface area contributed by atoms with Gasteiger partial charge in [0, 0.05) is 34.6 Å². The van der Waals surface area contributed by atoms with E-state index in [-0.39, 0.29) is 5.84 Å². The maximum atomic E-state index is 6.14. The molecular formula is C26H21N5. The minimum absolute atomic E-state index is 0.287. The van der Waals surface area contributed by atoms with E-state index in [4.69, 9.17) is 5.73 Å². The van der Waals surface area contributed by atoms with Crippen LogP contribution in [0.4, 0.5) is 0 Å². The van der Waals surface area contributed by atoms with Crippen LogP contribution in [0.1, 0.15) is 16.8 Å². The second-order valence-electron chi connectivity index (χ2n) is 7.33. The van der Waals surface area contributed by atoms with E-state index in [0.717, 1.165) is 33.9 Å². The van der Waals surface area contributed by atoms with Gasteiger partial charge in [-0.05, 0) is 23.8 Å². The molecule has 2 aromatic heterocycles. The Hall–Kier alpha value is -4.25. The van der Waals surface area contributed by atoms with Crippen molar-refractivity contribution in [1.82, 2.24) is 9.55 Å². The summed E-state index contributed by atoms with van der Waals surface area (Å²) in [4.78, 5) is 4.57. The lowest BCUT2D eigenvalue weighted by Gasteiger charge is -2.05. The molecule has 31 heavy (non-hydrogen) atoms. The van der Waals surface area contributed by atoms with Gasteiger partial charge in [-0.1, -0.05) is 72.8 Å². The van der Waals surface area contributed by atoms with Crippen LogP contribution in [0.15, 0.2) is 107 Å². The summed E-state index contributed by atoms with van der Waals surface area (Å²) in [5.74, 6) is 0.287. The smallest absolute Gasteiger partial charge is 0.172 e. The number of amidine groups is 1. The highest BCUT2D eigenvalue weighted by molar-refractivity contribution is 6.01. The fourth-order valence-electron chi connectivity index (χ4n) is 3.70. The Bertz CT molecular complexity index is 1410. The van der Waals surface area contributed by atoms with E-state index in [0.29, 0.717) is 5.69 Å². The Kier molecular flexibility index (Phi) is 4.99. The molecule has 0 amide bonds. The normalized spacial score (nSPS) is 12.2. The van der Waals surface area contributed by atoms with E-state index in [1.165, 1.54) is 5.56 Å². The van der Waals surface area contributed by atoms with Gasteiger partial charge in [0.1, 0.15) is 5.69 Å². The molecule has 2 N–H and O–H groups in total. The zero-order valence-corrected chi connectivity index (χ0v) is 16.9. The molecule has 0 aliphatic rings. The van der Waals surface area contributed by atoms with Crippen molar-refractivity contribution in [3.8, 4) is 0 Å². The number of nitrogens with two attached hydrogens (primary N) is 1. The number of hydrogen-bond acceptors (Lipinski definition) is 3. The van der Waals surface area contributed by atoms with Crippen molar-refractivity contribution < 1.29 is 0 Å². The minimum atomic E-state index is 0.287. The van der Waals surface area contributed by atoms with Gasteiger partial charge in [0.05, 0.1) is 11.7 Å². The highest BCUT2D eigenvalue weighted by Crippen LogP contribution is 2.21. The Morgan fingerprint density at radius 2 is 1.65 bits per heavy atom. The van der Waals surface area contributed by atoms with Gasteiger partial charge in [0.2, 0.25) is 0 Å². The van der Waals surface area contributed by atoms with Crippen molar-refractivity contribution in [1.29, 1.82) is 0 Å². The minimum Gasteiger partial charge on any atom is -0.380 e. The lowest BCUT2D eigenvalue weighted by Crippen LogP contribution is -2.14. The van der Waals surface area contributed by atoms with Gasteiger partial charge < -0.3 is 10.3 Å². The summed E-state index contributed by atoms with van der Waals surface area (Å²) in [6.45, 7) is 0.793. The molecule has 0 saturated carbocycles. The zero-order chi connectivity index (χ0) is 21.0. The number of benzene rings is 3. The van der Waals surface area contributed by atoms with Gasteiger partial charge in [0.15, 0.2) is 5.84 Å². The van der Waals surface area contributed by atoms with Crippen LogP contribution in [0.25, 0.3) is 21.8 Å². The average Bonchev–Trinajstić information content (AvgIpc) is 3.17. The molecule has 0 radical (unpaired) electrons. The summed E-state index contributed by atoms with van der Waals surface area (Å²) in [5, 5.41) is 10.6. The molecule has 2 heterocycles. The van der Waals surface area contributed by atoms with Crippen molar-refractivity contribution >= 4 is 33.9 Å². The third-order valence-corrected chi connectivity index (χ3v) is 5.24. The molecule has 0 atom stereocenters. The topological polar surface area (TPSA) is 68.6 Å². The predicted octanol–water partition coefficient (Wildman–Crippen LogP) is 4.98. The van der Waals surface area contributed by atoms with E-state index in [1.807, 2.05) is 54.6 Å². The van der Waals surface area contributed by atoms with Crippen LogP contribution in [0.3, 0.4) is 0 Å². The first-order valence-electron chi connectivity index (χ1n) is 10.1. The first kappa shape index (κ1) is 18.8. The third-order valence-electron chi connectivity index (χ3n) is 5.24. The SMILES string of the molecule is N/C(=N\N=C\c1cn(Cc2ccccc2)c2ccccc12)c1ccc2ccccc2n1. The second-order valence-corrected chi connectivity index (χ2v) is 7.33. The van der Waals surface area contributed by atoms with Crippen LogP contribution >= 0.6 is 0 Å². The lowest BCUT2D eigenvalue weighted by atomic mass is 10.2. The number of pyridine rings is 1. The standard InChI is InChI=1S/C26H21N5/c27-26(24-15-14-20-10-4-6-12-23(20)29-24)30-28-16-21-18-31(17-19-8-2-1-3-9-19)25-13-7-5-11-22(21)25/h1-16,18H,17H2,(H2,27,30)/b28-16+. The number of rotatable bonds is 5. The Morgan fingerprint density at radius 1 is 0.871 bits per heavy atom. The van der Waals surface area contributed by atoms with E-state index in [1.54, 1.807) is 6.21 Å². The molecule has 0 saturated heterocycles. The fraction of sp³-hybridized carbons (Fsp3) is 0.0385. The largest absolute Gasteiger partial charge is 0.380 e. The van der Waals surface area contributed by atoms with Gasteiger partial charge in [-0.2, -0.15) is 5.10 Å². The average molecular weight is 403 g/mol. The maximum Gasteiger partial charge on any atom is 0.172 e. The van der Waals surface area contributed by atoms with E-state index in [2.05, 4.69) is 62.3 Å². The van der Waals surface area contributed by atoms with Gasteiger partial charge >= 0.3 is 0 Å². The predicted molar refractivity (Wildman–Crippen MR) is 128 cm³/mol. The van der Waals surface area contributed by atoms with Crippen LogP contribution in [-0.4, -0.2) is 21.6 Å². The molecule has 0 aliphatic heterocycles. The molecule has 150 valence electrons. The molecule has 0 unspecified atom stereocenters. The van der Waals surface area contributed by atoms with Crippen molar-refractivity contribution in [2.24, 2.45) is 15.9 Å². The molecule has 5 heteroatoms. The van der Waals surface area contributed by atoms with Gasteiger partial charge in [0.25, 0.3) is 0 Å². The van der Waals surface area contributed by atoms with Gasteiger partial charge in [-0.15, -0.1) is 5.10 Å². The highest BCUT2D eigenvalue weighted by Gasteiger charge is 2.07. The summed E-state index contributed by atoms with van der Waals surface area (Å²) in [7, 11) is 0. The number of nitrogens with zero attached hydrogens (tertiary/aromatic N) is 4. The Morgan fingerprint density at radius 3 is 2.55 bits per heavy atom. The molecular weight excluding hydrogens is 382 g/mol. The second kappa shape index (κ2) is 8.24. The van der Waals surface area contributed by atoms with Crippen molar-refractivity contribution in [2.75, 3.05) is 0 Å². The molecule has 5 rings (SSSR count). The highest BCUT2D eigenvalue weighted by atomic mass is 15.2. The Balaban J connectivity index is 1.44. The fourth-order valence-corrected chi connectivity index (χ4v) is 3.70. The van der Waals surface area contributed by atoms with Crippen molar-refractivity contribution in [3.05, 3.63) is 114 Å². The molecule has 5 aromatic rings. The van der Waals surface area contributed by atoms with Crippen LogP contribution in [0.5, 0.6) is 0 Å². The van der Waals surface area contributed by atoms with Crippen molar-refractivity contribution in [3.63, 3.8) is 0 Å². The number of fused-ring (bicyclic) bond motifs is 2. The first-order chi connectivity index (χ1) is 15.3. The summed E-state index contributed by atoms with van der Waals surface area (Å²) in [6, 6.07) is 30.5. The molecule has 3 aromatic carbocycles. The summed E-state index contributed by atoms with van der Waals surface area (Å²) in [6.07, 6.45) is 3.85. The number of para-hydroxylation sites is 2. The van der Waals surface area contributed by atoms with Crippen LogP contribution in [0, 0.1) is 0 Å². The number of hydrogen-bond donors (Lipinski definition) is 1. The van der Waals surface area contributed by atoms with E-state index >= 15 is 0 Å². The quantitative estimate of drug-likeness (QED) is 0.255. The maximum absolute atomic E-state index is 6.14. The summed E-state index contributed by atoms with van der Waals surface area (Å²) in [5.41, 5.74) is 11.0. The molecule has 0 aliphatic carbocycles. The summed E-state index contributed by atoms with van der Waals surface area (Å²) >= 11 is 0. The zero-order valence-electron chi connectivity index (χ0n) is 16.9. The van der Waals surface area contributed by atoms with Crippen LogP contribution in [0.2, 0.25) is 0 Å². The molecule has 0 spiro atoms. The van der Waals surface area contributed by atoms with Gasteiger partial charge in [-0.3, -0.25) is 0 Å². The monoisotopic (exact) mass is 403 g/mol. The van der Waals surface area contributed by atoms with E-state index in [9.17, 15) is 0 Å². The van der Waals surface area contributed by atoms with Crippen LogP contribution < -0.4 is 5.73 Å². The third kappa shape index (κ3) is 3.94. The van der Waals surface area contributed by atoms with Gasteiger partial charge in [-0.25, -0.2) is 4.98 Å². The molecule has 0 fully saturated rings. The lowest BCUT2D eigenvalue weighted by molar-refractivity contribution is 0.836. The number of aromatic nitrogens is 2. The summed E-state index contributed by atoms with van der Waals surface area (Å²) < 4.78 is 2.23. The van der Waals surface area contributed by atoms with E-state index < -0.39 is 0 Å². The first-order valence-corrected chi connectivity index (χ1v) is 10.1. The van der Waals surface area contributed by atoms with Crippen LogP contribution in [-0.2, 0) is 6.54 Å².